The molecule has 74 valence electrons. The van der Waals surface area contributed by atoms with Crippen molar-refractivity contribution >= 4 is 0 Å². The molecule has 0 fully saturated rings. The van der Waals surface area contributed by atoms with E-state index in [1.54, 1.807) is 0 Å². The molecule has 2 N–H and O–H groups in total. The first-order valence-electron chi connectivity index (χ1n) is 4.90. The van der Waals surface area contributed by atoms with E-state index in [0.717, 1.165) is 19.3 Å². The highest BCUT2D eigenvalue weighted by molar-refractivity contribution is 4.63. The van der Waals surface area contributed by atoms with Gasteiger partial charge in [-0.15, -0.1) is 0 Å². The van der Waals surface area contributed by atoms with Crippen LogP contribution < -0.4 is 0 Å². The van der Waals surface area contributed by atoms with Crippen LogP contribution in [0.5, 0.6) is 0 Å². The molecule has 0 aliphatic carbocycles. The van der Waals surface area contributed by atoms with E-state index in [-0.39, 0.29) is 12.7 Å². The molecule has 0 saturated carbocycles. The van der Waals surface area contributed by atoms with Crippen LogP contribution in [0.15, 0.2) is 0 Å². The molecule has 0 aliphatic rings. The minimum absolute atomic E-state index is 0.203. The Bertz CT molecular complexity index is 96.0. The fourth-order valence-corrected chi connectivity index (χ4v) is 1.16. The average molecular weight is 174 g/mol. The van der Waals surface area contributed by atoms with Crippen LogP contribution in [0.1, 0.15) is 40.0 Å². The Morgan fingerprint density at radius 2 is 1.75 bits per heavy atom. The van der Waals surface area contributed by atoms with Crippen molar-refractivity contribution in [2.45, 2.75) is 46.1 Å². The van der Waals surface area contributed by atoms with Crippen molar-refractivity contribution in [3.8, 4) is 0 Å². The molecular weight excluding hydrogens is 152 g/mol. The van der Waals surface area contributed by atoms with E-state index in [1.165, 1.54) is 0 Å². The van der Waals surface area contributed by atoms with Crippen LogP contribution >= 0.6 is 0 Å². The van der Waals surface area contributed by atoms with Gasteiger partial charge in [-0.25, -0.2) is 0 Å². The monoisotopic (exact) mass is 174 g/mol. The molecule has 0 aromatic carbocycles. The molecule has 2 atom stereocenters. The van der Waals surface area contributed by atoms with Gasteiger partial charge in [0.05, 0.1) is 6.10 Å². The van der Waals surface area contributed by atoms with Gasteiger partial charge in [-0.1, -0.05) is 27.2 Å². The summed E-state index contributed by atoms with van der Waals surface area (Å²) in [6, 6.07) is 0. The van der Waals surface area contributed by atoms with Gasteiger partial charge in [0.1, 0.15) is 0 Å². The number of hydrogen-bond acceptors (Lipinski definition) is 2. The number of hydrogen-bond donors (Lipinski definition) is 2. The second kappa shape index (κ2) is 6.44. The van der Waals surface area contributed by atoms with Gasteiger partial charge >= 0.3 is 0 Å². The van der Waals surface area contributed by atoms with Crippen molar-refractivity contribution in [2.24, 2.45) is 11.8 Å². The van der Waals surface area contributed by atoms with Crippen LogP contribution in [-0.4, -0.2) is 22.9 Å². The average Bonchev–Trinajstić information content (AvgIpc) is 2.05. The van der Waals surface area contributed by atoms with E-state index in [1.807, 2.05) is 13.8 Å². The molecule has 0 heterocycles. The normalized spacial score (nSPS) is 16.5. The first-order chi connectivity index (χ1) is 5.61. The summed E-state index contributed by atoms with van der Waals surface area (Å²) < 4.78 is 0. The van der Waals surface area contributed by atoms with Crippen LogP contribution in [0.2, 0.25) is 0 Å². The largest absolute Gasteiger partial charge is 0.396 e. The number of rotatable bonds is 6. The number of aliphatic hydroxyl groups is 2. The van der Waals surface area contributed by atoms with Crippen LogP contribution in [0.25, 0.3) is 0 Å². The van der Waals surface area contributed by atoms with Gasteiger partial charge in [0.25, 0.3) is 0 Å². The second-order valence-electron chi connectivity index (χ2n) is 3.85. The summed E-state index contributed by atoms with van der Waals surface area (Å²) in [4.78, 5) is 0. The zero-order valence-electron chi connectivity index (χ0n) is 8.45. The third kappa shape index (κ3) is 4.73. The van der Waals surface area contributed by atoms with Gasteiger partial charge in [0.15, 0.2) is 0 Å². The lowest BCUT2D eigenvalue weighted by Gasteiger charge is -2.17. The predicted molar refractivity (Wildman–Crippen MR) is 50.9 cm³/mol. The molecule has 0 rings (SSSR count). The van der Waals surface area contributed by atoms with Crippen molar-refractivity contribution in [2.75, 3.05) is 6.61 Å². The van der Waals surface area contributed by atoms with E-state index in [0.29, 0.717) is 11.8 Å². The molecule has 0 saturated heterocycles. The second-order valence-corrected chi connectivity index (χ2v) is 3.85. The van der Waals surface area contributed by atoms with Gasteiger partial charge < -0.3 is 10.2 Å². The Balaban J connectivity index is 3.51. The quantitative estimate of drug-likeness (QED) is 0.644. The molecule has 0 bridgehead atoms. The summed E-state index contributed by atoms with van der Waals surface area (Å²) >= 11 is 0. The fraction of sp³-hybridized carbons (Fsp3) is 1.00. The summed E-state index contributed by atoms with van der Waals surface area (Å²) in [5.41, 5.74) is 0. The minimum Gasteiger partial charge on any atom is -0.396 e. The maximum Gasteiger partial charge on any atom is 0.0563 e. The lowest BCUT2D eigenvalue weighted by atomic mass is 9.95. The zero-order chi connectivity index (χ0) is 9.56. The highest BCUT2D eigenvalue weighted by Gasteiger charge is 2.12. The van der Waals surface area contributed by atoms with Gasteiger partial charge in [0.2, 0.25) is 0 Å². The Labute approximate surface area is 75.6 Å². The molecule has 2 unspecified atom stereocenters. The third-order valence-corrected chi connectivity index (χ3v) is 2.48. The SMILES string of the molecule is CCC(CO)CCC(O)C(C)C. The van der Waals surface area contributed by atoms with Crippen molar-refractivity contribution in [3.63, 3.8) is 0 Å². The molecule has 0 aliphatic heterocycles. The lowest BCUT2D eigenvalue weighted by molar-refractivity contribution is 0.101. The first kappa shape index (κ1) is 11.9. The van der Waals surface area contributed by atoms with Gasteiger partial charge in [-0.3, -0.25) is 0 Å². The molecular formula is C10H22O2. The third-order valence-electron chi connectivity index (χ3n) is 2.48. The summed E-state index contributed by atoms with van der Waals surface area (Å²) in [7, 11) is 0. The standard InChI is InChI=1S/C10H22O2/c1-4-9(7-11)5-6-10(12)8(2)3/h8-12H,4-7H2,1-3H3. The Morgan fingerprint density at radius 1 is 1.17 bits per heavy atom. The van der Waals surface area contributed by atoms with Crippen LogP contribution in [0.4, 0.5) is 0 Å². The Morgan fingerprint density at radius 3 is 2.08 bits per heavy atom. The summed E-state index contributed by atoms with van der Waals surface area (Å²) in [6.07, 6.45) is 2.55. The highest BCUT2D eigenvalue weighted by Crippen LogP contribution is 2.15. The van der Waals surface area contributed by atoms with Gasteiger partial charge in [0, 0.05) is 6.61 Å². The van der Waals surface area contributed by atoms with Crippen molar-refractivity contribution < 1.29 is 10.2 Å². The summed E-state index contributed by atoms with van der Waals surface area (Å²) in [5, 5.41) is 18.4. The van der Waals surface area contributed by atoms with Crippen LogP contribution in [0.3, 0.4) is 0 Å². The predicted octanol–water partition coefficient (Wildman–Crippen LogP) is 1.80. The first-order valence-corrected chi connectivity index (χ1v) is 4.90. The Kier molecular flexibility index (Phi) is 6.39. The number of aliphatic hydroxyl groups excluding tert-OH is 2. The van der Waals surface area contributed by atoms with Crippen LogP contribution in [-0.2, 0) is 0 Å². The van der Waals surface area contributed by atoms with Crippen LogP contribution in [0, 0.1) is 11.8 Å². The highest BCUT2D eigenvalue weighted by atomic mass is 16.3. The van der Waals surface area contributed by atoms with E-state index >= 15 is 0 Å². The Hall–Kier alpha value is -0.0800. The summed E-state index contributed by atoms with van der Waals surface area (Å²) in [5.74, 6) is 0.708. The van der Waals surface area contributed by atoms with Crippen molar-refractivity contribution in [1.29, 1.82) is 0 Å². The van der Waals surface area contributed by atoms with Gasteiger partial charge in [-0.05, 0) is 24.7 Å². The molecule has 12 heavy (non-hydrogen) atoms. The zero-order valence-corrected chi connectivity index (χ0v) is 8.45. The maximum atomic E-state index is 9.48. The minimum atomic E-state index is -0.203. The lowest BCUT2D eigenvalue weighted by Crippen LogP contribution is -2.17. The molecule has 0 radical (unpaired) electrons. The summed E-state index contributed by atoms with van der Waals surface area (Å²) in [6.45, 7) is 6.36. The van der Waals surface area contributed by atoms with E-state index in [2.05, 4.69) is 6.92 Å². The fourth-order valence-electron chi connectivity index (χ4n) is 1.16. The van der Waals surface area contributed by atoms with Crippen molar-refractivity contribution in [3.05, 3.63) is 0 Å². The molecule has 0 aromatic rings. The molecule has 2 heteroatoms. The van der Waals surface area contributed by atoms with E-state index in [4.69, 9.17) is 5.11 Å². The molecule has 0 amide bonds. The maximum absolute atomic E-state index is 9.48. The van der Waals surface area contributed by atoms with Gasteiger partial charge in [-0.2, -0.15) is 0 Å². The van der Waals surface area contributed by atoms with E-state index < -0.39 is 0 Å². The van der Waals surface area contributed by atoms with Crippen molar-refractivity contribution in [1.82, 2.24) is 0 Å². The topological polar surface area (TPSA) is 40.5 Å². The smallest absolute Gasteiger partial charge is 0.0563 e. The van der Waals surface area contributed by atoms with E-state index in [9.17, 15) is 5.11 Å². The molecule has 2 nitrogen and oxygen atoms in total. The molecule has 0 aromatic heterocycles. The molecule has 0 spiro atoms.